The lowest BCUT2D eigenvalue weighted by atomic mass is 10.1. The number of hydrogen-bond donors (Lipinski definition) is 1. The summed E-state index contributed by atoms with van der Waals surface area (Å²) in [5.74, 6) is 0.448. The Hall–Kier alpha value is -2.73. The zero-order chi connectivity index (χ0) is 20.4. The number of rotatable bonds is 4. The van der Waals surface area contributed by atoms with Crippen LogP contribution < -0.4 is 5.32 Å². The second-order valence-electron chi connectivity index (χ2n) is 6.69. The Morgan fingerprint density at radius 1 is 1.15 bits per heavy atom. The number of aryl methyl sites for hydroxylation is 1. The third-order valence-corrected chi connectivity index (χ3v) is 4.72. The van der Waals surface area contributed by atoms with Crippen molar-refractivity contribution in [2.24, 2.45) is 6.98 Å². The van der Waals surface area contributed by atoms with E-state index in [1.807, 2.05) is 24.3 Å². The van der Waals surface area contributed by atoms with Crippen LogP contribution in [-0.2, 0) is 11.8 Å². The summed E-state index contributed by atoms with van der Waals surface area (Å²) < 4.78 is 23.3. The molecule has 1 N–H and O–H groups in total. The second kappa shape index (κ2) is 7.25. The maximum Gasteiger partial charge on any atom is 0.239 e. The molecule has 6 heteroatoms. The Morgan fingerprint density at radius 2 is 2.04 bits per heavy atom. The van der Waals surface area contributed by atoms with Gasteiger partial charge in [0.2, 0.25) is 5.91 Å². The first-order valence-electron chi connectivity index (χ1n) is 10.4. The number of anilines is 1. The number of carbonyl (C=O) groups excluding carboxylic acids is 1. The second-order valence-corrected chi connectivity index (χ2v) is 6.69. The van der Waals surface area contributed by atoms with E-state index < -0.39 is 6.98 Å². The van der Waals surface area contributed by atoms with E-state index in [0.29, 0.717) is 12.4 Å². The van der Waals surface area contributed by atoms with E-state index in [0.717, 1.165) is 52.5 Å². The SMILES string of the molecule is [2H]C([2H])([2H])n1cc(-c2ccc3cnc(NC(=O)CN4CCCCC4)cc3c2)cn1. The Bertz CT molecular complexity index is 1020. The molecule has 1 aromatic carbocycles. The van der Waals surface area contributed by atoms with Gasteiger partial charge in [0.1, 0.15) is 5.82 Å². The number of nitrogens with one attached hydrogen (secondary N) is 1. The minimum atomic E-state index is -2.30. The number of pyridine rings is 1. The average molecular weight is 352 g/mol. The van der Waals surface area contributed by atoms with E-state index >= 15 is 0 Å². The van der Waals surface area contributed by atoms with E-state index in [-0.39, 0.29) is 5.91 Å². The van der Waals surface area contributed by atoms with Gasteiger partial charge < -0.3 is 5.32 Å². The molecule has 0 bridgehead atoms. The Kier molecular flexibility index (Phi) is 3.76. The zero-order valence-electron chi connectivity index (χ0n) is 17.5. The van der Waals surface area contributed by atoms with E-state index in [9.17, 15) is 4.79 Å². The number of amides is 1. The van der Waals surface area contributed by atoms with Crippen molar-refractivity contribution in [2.45, 2.75) is 19.3 Å². The van der Waals surface area contributed by atoms with Gasteiger partial charge in [-0.3, -0.25) is 14.4 Å². The Morgan fingerprint density at radius 3 is 2.85 bits per heavy atom. The molecule has 26 heavy (non-hydrogen) atoms. The van der Waals surface area contributed by atoms with Crippen molar-refractivity contribution in [3.8, 4) is 11.1 Å². The van der Waals surface area contributed by atoms with Gasteiger partial charge >= 0.3 is 0 Å². The minimum Gasteiger partial charge on any atom is -0.310 e. The predicted molar refractivity (Wildman–Crippen MR) is 103 cm³/mol. The molecule has 0 unspecified atom stereocenters. The summed E-state index contributed by atoms with van der Waals surface area (Å²) in [5.41, 5.74) is 1.57. The molecule has 0 aliphatic carbocycles. The van der Waals surface area contributed by atoms with Crippen molar-refractivity contribution < 1.29 is 8.91 Å². The highest BCUT2D eigenvalue weighted by atomic mass is 16.2. The fourth-order valence-electron chi connectivity index (χ4n) is 3.36. The van der Waals surface area contributed by atoms with E-state index in [1.165, 1.54) is 18.8 Å². The summed E-state index contributed by atoms with van der Waals surface area (Å²) in [6, 6.07) is 7.60. The monoisotopic (exact) mass is 352 g/mol. The largest absolute Gasteiger partial charge is 0.310 e. The molecule has 1 amide bonds. The van der Waals surface area contributed by atoms with E-state index in [4.69, 9.17) is 4.11 Å². The van der Waals surface area contributed by atoms with E-state index in [1.54, 1.807) is 6.20 Å². The molecular formula is C20H23N5O. The van der Waals surface area contributed by atoms with Crippen molar-refractivity contribution in [1.29, 1.82) is 0 Å². The summed E-state index contributed by atoms with van der Waals surface area (Å²) in [4.78, 5) is 18.8. The zero-order valence-corrected chi connectivity index (χ0v) is 14.5. The van der Waals surface area contributed by atoms with Gasteiger partial charge in [-0.25, -0.2) is 4.98 Å². The summed E-state index contributed by atoms with van der Waals surface area (Å²) in [7, 11) is 0. The Labute approximate surface area is 157 Å². The molecule has 0 saturated carbocycles. The van der Waals surface area contributed by atoms with Crippen LogP contribution in [0.4, 0.5) is 5.82 Å². The molecule has 0 atom stereocenters. The number of likely N-dealkylation sites (tertiary alicyclic amines) is 1. The summed E-state index contributed by atoms with van der Waals surface area (Å²) in [6.07, 6.45) is 8.29. The van der Waals surface area contributed by atoms with Crippen LogP contribution in [0, 0.1) is 0 Å². The predicted octanol–water partition coefficient (Wildman–Crippen LogP) is 3.06. The van der Waals surface area contributed by atoms with Crippen LogP contribution in [0.5, 0.6) is 0 Å². The van der Waals surface area contributed by atoms with Gasteiger partial charge in [-0.1, -0.05) is 18.6 Å². The van der Waals surface area contributed by atoms with Crippen LogP contribution in [0.25, 0.3) is 21.9 Å². The molecule has 1 aliphatic rings. The molecule has 2 aromatic heterocycles. The highest BCUT2D eigenvalue weighted by Crippen LogP contribution is 2.25. The molecule has 1 fully saturated rings. The van der Waals surface area contributed by atoms with Gasteiger partial charge in [0.25, 0.3) is 0 Å². The average Bonchev–Trinajstić information content (AvgIpc) is 3.19. The van der Waals surface area contributed by atoms with E-state index in [2.05, 4.69) is 20.3 Å². The maximum atomic E-state index is 12.3. The molecule has 1 saturated heterocycles. The highest BCUT2D eigenvalue weighted by molar-refractivity contribution is 5.94. The lowest BCUT2D eigenvalue weighted by Gasteiger charge is -2.25. The number of carbonyl (C=O) groups is 1. The first-order valence-corrected chi connectivity index (χ1v) is 8.86. The van der Waals surface area contributed by atoms with Crippen LogP contribution in [0.15, 0.2) is 42.9 Å². The van der Waals surface area contributed by atoms with Crippen LogP contribution in [0.3, 0.4) is 0 Å². The number of benzene rings is 1. The molecule has 0 radical (unpaired) electrons. The number of fused-ring (bicyclic) bond motifs is 1. The fourth-order valence-corrected chi connectivity index (χ4v) is 3.36. The van der Waals surface area contributed by atoms with Crippen molar-refractivity contribution in [3.05, 3.63) is 42.9 Å². The van der Waals surface area contributed by atoms with Crippen molar-refractivity contribution >= 4 is 22.5 Å². The minimum absolute atomic E-state index is 0.0612. The summed E-state index contributed by atoms with van der Waals surface area (Å²) >= 11 is 0. The fraction of sp³-hybridized carbons (Fsp3) is 0.350. The molecule has 1 aliphatic heterocycles. The maximum absolute atomic E-state index is 12.3. The molecule has 3 aromatic rings. The number of aromatic nitrogens is 3. The third kappa shape index (κ3) is 3.75. The normalized spacial score (nSPS) is 17.5. The molecular weight excluding hydrogens is 326 g/mol. The van der Waals surface area contributed by atoms with Gasteiger partial charge in [-0.2, -0.15) is 5.10 Å². The highest BCUT2D eigenvalue weighted by Gasteiger charge is 2.14. The van der Waals surface area contributed by atoms with Crippen molar-refractivity contribution in [3.63, 3.8) is 0 Å². The van der Waals surface area contributed by atoms with Gasteiger partial charge in [0, 0.05) is 34.4 Å². The van der Waals surface area contributed by atoms with Crippen LogP contribution in [0.1, 0.15) is 23.4 Å². The van der Waals surface area contributed by atoms with Gasteiger partial charge in [-0.15, -0.1) is 0 Å². The molecule has 3 heterocycles. The van der Waals surface area contributed by atoms with Crippen LogP contribution in [-0.4, -0.2) is 45.2 Å². The summed E-state index contributed by atoms with van der Waals surface area (Å²) in [6.45, 7) is 0.0105. The van der Waals surface area contributed by atoms with Gasteiger partial charge in [-0.05, 0) is 49.0 Å². The standard InChI is InChI=1S/C20H23N5O/c1-24-13-18(12-22-24)15-5-6-16-11-21-19(10-17(16)9-15)23-20(26)14-25-7-3-2-4-8-25/h5-6,9-13H,2-4,7-8,14H2,1H3,(H,21,23,26)/i1D3. The number of piperidine rings is 1. The van der Waals surface area contributed by atoms with Gasteiger partial charge in [0.05, 0.1) is 12.7 Å². The first-order chi connectivity index (χ1) is 13.9. The molecule has 0 spiro atoms. The summed E-state index contributed by atoms with van der Waals surface area (Å²) in [5, 5.41) is 8.66. The Balaban J connectivity index is 1.52. The number of nitrogens with zero attached hydrogens (tertiary/aromatic N) is 4. The van der Waals surface area contributed by atoms with Crippen LogP contribution >= 0.6 is 0 Å². The van der Waals surface area contributed by atoms with Crippen molar-refractivity contribution in [1.82, 2.24) is 19.7 Å². The quantitative estimate of drug-likeness (QED) is 0.784. The topological polar surface area (TPSA) is 63.1 Å². The molecule has 4 rings (SSSR count). The lowest BCUT2D eigenvalue weighted by molar-refractivity contribution is -0.117. The van der Waals surface area contributed by atoms with Crippen LogP contribution in [0.2, 0.25) is 0 Å². The van der Waals surface area contributed by atoms with Crippen molar-refractivity contribution in [2.75, 3.05) is 25.0 Å². The third-order valence-electron chi connectivity index (χ3n) is 4.72. The lowest BCUT2D eigenvalue weighted by Crippen LogP contribution is -2.36. The number of hydrogen-bond acceptors (Lipinski definition) is 4. The van der Waals surface area contributed by atoms with Gasteiger partial charge in [0.15, 0.2) is 0 Å². The molecule has 134 valence electrons. The smallest absolute Gasteiger partial charge is 0.239 e. The first kappa shape index (κ1) is 13.5. The molecule has 6 nitrogen and oxygen atoms in total.